The first kappa shape index (κ1) is 27.2. The number of hydrogen-bond acceptors (Lipinski definition) is 8. The van der Waals surface area contributed by atoms with Crippen LogP contribution in [0.4, 0.5) is 10.3 Å². The molecule has 0 spiro atoms. The van der Waals surface area contributed by atoms with E-state index in [1.54, 1.807) is 30.1 Å². The Labute approximate surface area is 226 Å². The van der Waals surface area contributed by atoms with Gasteiger partial charge in [0.1, 0.15) is 5.69 Å². The molecule has 39 heavy (non-hydrogen) atoms. The smallest absolute Gasteiger partial charge is 0.236 e. The van der Waals surface area contributed by atoms with Crippen molar-refractivity contribution >= 4 is 22.8 Å². The Hall–Kier alpha value is -3.41. The number of aliphatic hydroxyl groups excluding tert-OH is 1. The van der Waals surface area contributed by atoms with Crippen molar-refractivity contribution in [3.8, 4) is 11.3 Å². The van der Waals surface area contributed by atoms with E-state index >= 15 is 4.39 Å². The lowest BCUT2D eigenvalue weighted by Crippen LogP contribution is -2.48. The minimum atomic E-state index is -0.714. The summed E-state index contributed by atoms with van der Waals surface area (Å²) in [4.78, 5) is 38.1. The van der Waals surface area contributed by atoms with Crippen LogP contribution in [0.2, 0.25) is 0 Å². The Morgan fingerprint density at radius 1 is 1.26 bits per heavy atom. The molecule has 0 unspecified atom stereocenters. The summed E-state index contributed by atoms with van der Waals surface area (Å²) in [6, 6.07) is 4.92. The maximum atomic E-state index is 15.0. The van der Waals surface area contributed by atoms with Gasteiger partial charge in [-0.2, -0.15) is 0 Å². The fourth-order valence-corrected chi connectivity index (χ4v) is 5.36. The van der Waals surface area contributed by atoms with Crippen LogP contribution in [0.3, 0.4) is 0 Å². The molecular weight excluding hydrogens is 503 g/mol. The van der Waals surface area contributed by atoms with Crippen LogP contribution < -0.4 is 10.7 Å². The summed E-state index contributed by atoms with van der Waals surface area (Å²) in [6.07, 6.45) is 0.977. The summed E-state index contributed by atoms with van der Waals surface area (Å²) in [7, 11) is 1.80. The second-order valence-electron chi connectivity index (χ2n) is 10.7. The highest BCUT2D eigenvalue weighted by atomic mass is 19.1. The molecule has 2 aromatic heterocycles. The number of benzene rings is 1. The first-order chi connectivity index (χ1) is 18.6. The summed E-state index contributed by atoms with van der Waals surface area (Å²) in [6.45, 7) is 8.74. The Balaban J connectivity index is 1.56. The number of aromatic nitrogens is 3. The zero-order chi connectivity index (χ0) is 27.8. The minimum absolute atomic E-state index is 0.00250. The number of carbonyl (C=O) groups is 1. The number of amides is 1. The molecule has 4 heterocycles. The molecule has 0 aliphatic carbocycles. The van der Waals surface area contributed by atoms with Crippen molar-refractivity contribution in [2.45, 2.75) is 51.9 Å². The molecule has 3 aromatic rings. The third-order valence-electron chi connectivity index (χ3n) is 7.65. The van der Waals surface area contributed by atoms with Crippen molar-refractivity contribution in [1.82, 2.24) is 24.3 Å². The summed E-state index contributed by atoms with van der Waals surface area (Å²) < 4.78 is 22.4. The molecule has 11 heteroatoms. The van der Waals surface area contributed by atoms with Crippen molar-refractivity contribution in [2.75, 3.05) is 45.2 Å². The SMILES string of the molecule is Cc1c(CN2CCN(C)C(=O)C2)n(C(C)C)c2cc(-c3nc(N[C@@H]4CCOC[C@H]4O)ncc3F)ccc2c1=O. The van der Waals surface area contributed by atoms with E-state index in [1.165, 1.54) is 0 Å². The van der Waals surface area contributed by atoms with Crippen molar-refractivity contribution in [2.24, 2.45) is 0 Å². The maximum Gasteiger partial charge on any atom is 0.236 e. The predicted molar refractivity (Wildman–Crippen MR) is 146 cm³/mol. The maximum absolute atomic E-state index is 15.0. The van der Waals surface area contributed by atoms with Gasteiger partial charge in [-0.1, -0.05) is 6.07 Å². The zero-order valence-electron chi connectivity index (χ0n) is 22.8. The molecule has 2 aliphatic heterocycles. The summed E-state index contributed by atoms with van der Waals surface area (Å²) in [5, 5.41) is 13.9. The van der Waals surface area contributed by atoms with Gasteiger partial charge in [-0.25, -0.2) is 14.4 Å². The lowest BCUT2D eigenvalue weighted by molar-refractivity contribution is -0.134. The number of nitrogens with one attached hydrogen (secondary N) is 1. The van der Waals surface area contributed by atoms with Gasteiger partial charge in [0.2, 0.25) is 11.9 Å². The molecule has 2 fully saturated rings. The van der Waals surface area contributed by atoms with Gasteiger partial charge in [0.15, 0.2) is 11.2 Å². The van der Waals surface area contributed by atoms with Crippen LogP contribution in [0.15, 0.2) is 29.2 Å². The predicted octanol–water partition coefficient (Wildman–Crippen LogP) is 2.32. The monoisotopic (exact) mass is 538 g/mol. The highest BCUT2D eigenvalue weighted by Gasteiger charge is 2.26. The van der Waals surface area contributed by atoms with Crippen LogP contribution in [0, 0.1) is 12.7 Å². The van der Waals surface area contributed by atoms with Gasteiger partial charge in [0.05, 0.1) is 37.0 Å². The van der Waals surface area contributed by atoms with Gasteiger partial charge < -0.3 is 24.6 Å². The molecule has 1 amide bonds. The Bertz CT molecular complexity index is 1460. The minimum Gasteiger partial charge on any atom is -0.389 e. The number of carbonyl (C=O) groups excluding carboxylic acids is 1. The molecule has 2 atom stereocenters. The number of hydrogen-bond donors (Lipinski definition) is 2. The van der Waals surface area contributed by atoms with E-state index in [0.29, 0.717) is 54.7 Å². The molecule has 2 N–H and O–H groups in total. The van der Waals surface area contributed by atoms with Crippen molar-refractivity contribution in [1.29, 1.82) is 0 Å². The van der Waals surface area contributed by atoms with Gasteiger partial charge >= 0.3 is 0 Å². The highest BCUT2D eigenvalue weighted by Crippen LogP contribution is 2.29. The third kappa shape index (κ3) is 5.39. The summed E-state index contributed by atoms with van der Waals surface area (Å²) in [5.41, 5.74) is 2.70. The standard InChI is InChI=1S/C28H35FN6O4/c1-16(2)35-22-11-18(26-20(29)12-30-28(32-26)31-21-7-10-39-15-24(21)36)5-6-19(22)27(38)17(3)23(35)13-34-9-8-33(4)25(37)14-34/h5-6,11-12,16,21,24,36H,7-10,13-15H2,1-4H3,(H,30,31,32)/t21-,24-/m1/s1. The summed E-state index contributed by atoms with van der Waals surface area (Å²) >= 11 is 0. The number of likely N-dealkylation sites (N-methyl/N-ethyl adjacent to an activating group) is 1. The first-order valence-electron chi connectivity index (χ1n) is 13.3. The number of pyridine rings is 1. The van der Waals surface area contributed by atoms with Crippen LogP contribution in [-0.2, 0) is 16.1 Å². The van der Waals surface area contributed by atoms with E-state index < -0.39 is 11.9 Å². The van der Waals surface area contributed by atoms with Gasteiger partial charge in [-0.05, 0) is 39.3 Å². The fourth-order valence-electron chi connectivity index (χ4n) is 5.36. The molecule has 10 nitrogen and oxygen atoms in total. The number of rotatable bonds is 6. The second kappa shape index (κ2) is 11.0. The molecule has 5 rings (SSSR count). The number of piperazine rings is 1. The van der Waals surface area contributed by atoms with Gasteiger partial charge in [-0.3, -0.25) is 14.5 Å². The second-order valence-corrected chi connectivity index (χ2v) is 10.7. The lowest BCUT2D eigenvalue weighted by Gasteiger charge is -2.33. The number of anilines is 1. The third-order valence-corrected chi connectivity index (χ3v) is 7.65. The lowest BCUT2D eigenvalue weighted by atomic mass is 10.0. The number of fused-ring (bicyclic) bond motifs is 1. The highest BCUT2D eigenvalue weighted by molar-refractivity contribution is 5.85. The van der Waals surface area contributed by atoms with E-state index in [-0.39, 0.29) is 41.7 Å². The summed E-state index contributed by atoms with van der Waals surface area (Å²) in [5.74, 6) is -0.325. The van der Waals surface area contributed by atoms with Crippen LogP contribution in [0.1, 0.15) is 37.6 Å². The van der Waals surface area contributed by atoms with Crippen LogP contribution in [0.25, 0.3) is 22.2 Å². The van der Waals surface area contributed by atoms with Crippen LogP contribution in [0.5, 0.6) is 0 Å². The van der Waals surface area contributed by atoms with E-state index in [9.17, 15) is 14.7 Å². The van der Waals surface area contributed by atoms with Gasteiger partial charge in [-0.15, -0.1) is 0 Å². The van der Waals surface area contributed by atoms with Crippen LogP contribution >= 0.6 is 0 Å². The molecule has 0 radical (unpaired) electrons. The Morgan fingerprint density at radius 2 is 2.05 bits per heavy atom. The van der Waals surface area contributed by atoms with E-state index in [1.807, 2.05) is 20.8 Å². The number of nitrogens with zero attached hydrogens (tertiary/aromatic N) is 5. The van der Waals surface area contributed by atoms with Crippen molar-refractivity contribution in [3.63, 3.8) is 0 Å². The topological polar surface area (TPSA) is 113 Å². The van der Waals surface area contributed by atoms with E-state index in [2.05, 4.69) is 24.8 Å². The average Bonchev–Trinajstić information content (AvgIpc) is 2.91. The van der Waals surface area contributed by atoms with E-state index in [4.69, 9.17) is 4.74 Å². The fraction of sp³-hybridized carbons (Fsp3) is 0.500. The van der Waals surface area contributed by atoms with Gasteiger partial charge in [0, 0.05) is 61.5 Å². The molecular formula is C28H35FN6O4. The molecule has 2 saturated heterocycles. The van der Waals surface area contributed by atoms with E-state index in [0.717, 1.165) is 18.4 Å². The van der Waals surface area contributed by atoms with Gasteiger partial charge in [0.25, 0.3) is 0 Å². The van der Waals surface area contributed by atoms with Crippen molar-refractivity contribution in [3.05, 3.63) is 51.7 Å². The normalized spacial score (nSPS) is 20.7. The number of aliphatic hydroxyl groups is 1. The molecule has 0 saturated carbocycles. The van der Waals surface area contributed by atoms with Crippen molar-refractivity contribution < 1.29 is 19.0 Å². The first-order valence-corrected chi connectivity index (χ1v) is 13.3. The quantitative estimate of drug-likeness (QED) is 0.492. The molecule has 0 bridgehead atoms. The molecule has 208 valence electrons. The van der Waals surface area contributed by atoms with Crippen LogP contribution in [-0.4, -0.2) is 87.4 Å². The Kier molecular flexibility index (Phi) is 7.66. The number of ether oxygens (including phenoxy) is 1. The number of halogens is 1. The Morgan fingerprint density at radius 3 is 2.77 bits per heavy atom. The zero-order valence-corrected chi connectivity index (χ0v) is 22.8. The molecule has 1 aromatic carbocycles. The average molecular weight is 539 g/mol. The molecule has 2 aliphatic rings. The largest absolute Gasteiger partial charge is 0.389 e.